The smallest absolute Gasteiger partial charge is 0.338 e. The minimum Gasteiger partial charge on any atom is -0.478 e. The number of esters is 1. The molecular weight excluding hydrogens is 358 g/mol. The number of aromatic nitrogens is 1. The summed E-state index contributed by atoms with van der Waals surface area (Å²) in [6, 6.07) is 7.48. The normalized spacial score (nSPS) is 11.4. The van der Waals surface area contributed by atoms with E-state index in [-0.39, 0.29) is 5.97 Å². The monoisotopic (exact) mass is 387 g/mol. The Hall–Kier alpha value is -2.44. The van der Waals surface area contributed by atoms with Crippen LogP contribution in [0.1, 0.15) is 47.4 Å². The Labute approximate surface area is 166 Å². The molecule has 0 aliphatic carbocycles. The quantitative estimate of drug-likeness (QED) is 0.419. The van der Waals surface area contributed by atoms with E-state index in [9.17, 15) is 9.90 Å². The third-order valence-corrected chi connectivity index (χ3v) is 4.38. The number of ether oxygens (including phenoxy) is 3. The zero-order chi connectivity index (χ0) is 20.9. The van der Waals surface area contributed by atoms with Crippen molar-refractivity contribution >= 4 is 5.97 Å². The zero-order valence-corrected chi connectivity index (χ0v) is 17.5. The molecule has 0 atom stereocenters. The molecule has 0 spiro atoms. The molecule has 2 aromatic rings. The molecule has 0 radical (unpaired) electrons. The molecule has 1 heterocycles. The molecule has 0 aliphatic rings. The first-order chi connectivity index (χ1) is 13.1. The Kier molecular flexibility index (Phi) is 7.16. The van der Waals surface area contributed by atoms with Crippen LogP contribution in [0.4, 0.5) is 0 Å². The van der Waals surface area contributed by atoms with Crippen LogP contribution in [0.2, 0.25) is 0 Å². The SMILES string of the molecule is COC(=O)c1cccc(-c2c(C)cc(OCCCOC(C)(C)O)nc2C)c1C. The molecule has 0 amide bonds. The van der Waals surface area contributed by atoms with Crippen molar-refractivity contribution < 1.29 is 24.1 Å². The molecule has 152 valence electrons. The molecule has 6 heteroatoms. The topological polar surface area (TPSA) is 77.9 Å². The van der Waals surface area contributed by atoms with Crippen LogP contribution in [0.15, 0.2) is 24.3 Å². The Morgan fingerprint density at radius 3 is 2.50 bits per heavy atom. The van der Waals surface area contributed by atoms with Crippen LogP contribution >= 0.6 is 0 Å². The molecule has 0 aliphatic heterocycles. The van der Waals surface area contributed by atoms with Crippen molar-refractivity contribution in [3.8, 4) is 17.0 Å². The van der Waals surface area contributed by atoms with Gasteiger partial charge in [-0.2, -0.15) is 0 Å². The number of nitrogens with zero attached hydrogens (tertiary/aromatic N) is 1. The third kappa shape index (κ3) is 5.53. The zero-order valence-electron chi connectivity index (χ0n) is 17.5. The van der Waals surface area contributed by atoms with Crippen molar-refractivity contribution in [1.82, 2.24) is 4.98 Å². The lowest BCUT2D eigenvalue weighted by Crippen LogP contribution is -2.24. The summed E-state index contributed by atoms with van der Waals surface area (Å²) in [7, 11) is 1.38. The van der Waals surface area contributed by atoms with Gasteiger partial charge in [0.2, 0.25) is 5.88 Å². The molecule has 6 nitrogen and oxygen atoms in total. The number of hydrogen-bond acceptors (Lipinski definition) is 6. The van der Waals surface area contributed by atoms with E-state index in [0.29, 0.717) is 31.1 Å². The van der Waals surface area contributed by atoms with Gasteiger partial charge in [0, 0.05) is 23.7 Å². The number of benzene rings is 1. The summed E-state index contributed by atoms with van der Waals surface area (Å²) >= 11 is 0. The first kappa shape index (κ1) is 21.9. The number of carbonyl (C=O) groups excluding carboxylic acids is 1. The van der Waals surface area contributed by atoms with Gasteiger partial charge < -0.3 is 19.3 Å². The average Bonchev–Trinajstić information content (AvgIpc) is 2.60. The van der Waals surface area contributed by atoms with Crippen molar-refractivity contribution in [2.75, 3.05) is 20.3 Å². The fourth-order valence-electron chi connectivity index (χ4n) is 3.07. The van der Waals surface area contributed by atoms with Crippen LogP contribution in [0, 0.1) is 20.8 Å². The van der Waals surface area contributed by atoms with E-state index in [2.05, 4.69) is 4.98 Å². The number of carbonyl (C=O) groups is 1. The van der Waals surface area contributed by atoms with E-state index in [0.717, 1.165) is 27.9 Å². The highest BCUT2D eigenvalue weighted by atomic mass is 16.6. The first-order valence-corrected chi connectivity index (χ1v) is 9.29. The molecule has 2 rings (SSSR count). The minimum absolute atomic E-state index is 0.351. The predicted molar refractivity (Wildman–Crippen MR) is 108 cm³/mol. The number of methoxy groups -OCH3 is 1. The molecule has 0 saturated heterocycles. The molecule has 0 fully saturated rings. The van der Waals surface area contributed by atoms with Crippen LogP contribution in [0.5, 0.6) is 5.88 Å². The largest absolute Gasteiger partial charge is 0.478 e. The van der Waals surface area contributed by atoms with Gasteiger partial charge in [0.1, 0.15) is 0 Å². The molecule has 1 N–H and O–H groups in total. The summed E-state index contributed by atoms with van der Waals surface area (Å²) in [5.74, 6) is -0.941. The van der Waals surface area contributed by atoms with Crippen molar-refractivity contribution in [2.24, 2.45) is 0 Å². The van der Waals surface area contributed by atoms with Crippen LogP contribution in [-0.4, -0.2) is 42.2 Å². The molecule has 0 saturated carbocycles. The Balaban J connectivity index is 2.18. The van der Waals surface area contributed by atoms with Crippen molar-refractivity contribution in [3.05, 3.63) is 46.6 Å². The van der Waals surface area contributed by atoms with Gasteiger partial charge in [-0.05, 0) is 57.4 Å². The van der Waals surface area contributed by atoms with E-state index < -0.39 is 5.79 Å². The predicted octanol–water partition coefficient (Wildman–Crippen LogP) is 3.97. The van der Waals surface area contributed by atoms with Crippen molar-refractivity contribution in [3.63, 3.8) is 0 Å². The fraction of sp³-hybridized carbons (Fsp3) is 0.455. The van der Waals surface area contributed by atoms with Crippen molar-refractivity contribution in [1.29, 1.82) is 0 Å². The highest BCUT2D eigenvalue weighted by molar-refractivity contribution is 5.93. The summed E-state index contributed by atoms with van der Waals surface area (Å²) in [4.78, 5) is 16.6. The standard InChI is InChI=1S/C22H29NO5/c1-14-13-19(27-11-8-12-28-22(4,5)25)23-16(3)20(14)17-9-7-10-18(15(17)2)21(24)26-6/h7,9-10,13,25H,8,11-12H2,1-6H3. The lowest BCUT2D eigenvalue weighted by atomic mass is 9.93. The van der Waals surface area contributed by atoms with Crippen LogP contribution in [-0.2, 0) is 9.47 Å². The molecule has 0 bridgehead atoms. The second-order valence-electron chi connectivity index (χ2n) is 7.20. The van der Waals surface area contributed by atoms with Crippen LogP contribution in [0.25, 0.3) is 11.1 Å². The summed E-state index contributed by atoms with van der Waals surface area (Å²) < 4.78 is 15.9. The summed E-state index contributed by atoms with van der Waals surface area (Å²) in [5, 5.41) is 9.53. The second kappa shape index (κ2) is 9.17. The maximum absolute atomic E-state index is 12.0. The van der Waals surface area contributed by atoms with E-state index in [1.807, 2.05) is 39.0 Å². The van der Waals surface area contributed by atoms with Gasteiger partial charge in [-0.15, -0.1) is 0 Å². The van der Waals surface area contributed by atoms with E-state index in [4.69, 9.17) is 14.2 Å². The number of hydrogen-bond donors (Lipinski definition) is 1. The highest BCUT2D eigenvalue weighted by Gasteiger charge is 2.17. The number of aryl methyl sites for hydroxylation is 2. The lowest BCUT2D eigenvalue weighted by Gasteiger charge is -2.18. The van der Waals surface area contributed by atoms with E-state index in [1.54, 1.807) is 19.9 Å². The summed E-state index contributed by atoms with van der Waals surface area (Å²) in [6.45, 7) is 9.87. The lowest BCUT2D eigenvalue weighted by molar-refractivity contribution is -0.176. The van der Waals surface area contributed by atoms with E-state index in [1.165, 1.54) is 7.11 Å². The maximum Gasteiger partial charge on any atom is 0.338 e. The van der Waals surface area contributed by atoms with Crippen molar-refractivity contribution in [2.45, 2.75) is 46.8 Å². The Bertz CT molecular complexity index is 816. The van der Waals surface area contributed by atoms with Gasteiger partial charge in [-0.1, -0.05) is 12.1 Å². The Morgan fingerprint density at radius 2 is 1.89 bits per heavy atom. The third-order valence-electron chi connectivity index (χ3n) is 4.38. The van der Waals surface area contributed by atoms with Gasteiger partial charge in [0.15, 0.2) is 5.79 Å². The molecule has 0 unspecified atom stereocenters. The minimum atomic E-state index is -1.14. The molecule has 1 aromatic heterocycles. The average molecular weight is 387 g/mol. The fourth-order valence-corrected chi connectivity index (χ4v) is 3.07. The number of pyridine rings is 1. The van der Waals surface area contributed by atoms with E-state index >= 15 is 0 Å². The first-order valence-electron chi connectivity index (χ1n) is 9.29. The molecular formula is C22H29NO5. The molecule has 1 aromatic carbocycles. The maximum atomic E-state index is 12.0. The van der Waals surface area contributed by atoms with Gasteiger partial charge in [0.05, 0.1) is 25.9 Å². The molecule has 28 heavy (non-hydrogen) atoms. The Morgan fingerprint density at radius 1 is 1.18 bits per heavy atom. The van der Waals surface area contributed by atoms with Gasteiger partial charge in [-0.25, -0.2) is 9.78 Å². The van der Waals surface area contributed by atoms with Gasteiger partial charge >= 0.3 is 5.97 Å². The highest BCUT2D eigenvalue weighted by Crippen LogP contribution is 2.32. The van der Waals surface area contributed by atoms with Gasteiger partial charge in [0.25, 0.3) is 0 Å². The summed E-state index contributed by atoms with van der Waals surface area (Å²) in [5.41, 5.74) is 5.19. The number of aliphatic hydroxyl groups is 1. The van der Waals surface area contributed by atoms with Crippen LogP contribution < -0.4 is 4.74 Å². The number of rotatable bonds is 8. The van der Waals surface area contributed by atoms with Gasteiger partial charge in [-0.3, -0.25) is 0 Å². The summed E-state index contributed by atoms with van der Waals surface area (Å²) in [6.07, 6.45) is 0.645. The van der Waals surface area contributed by atoms with Crippen LogP contribution in [0.3, 0.4) is 0 Å². The second-order valence-corrected chi connectivity index (χ2v) is 7.20.